The molecule has 168 valence electrons. The summed E-state index contributed by atoms with van der Waals surface area (Å²) in [7, 11) is 0. The highest BCUT2D eigenvalue weighted by Crippen LogP contribution is 2.28. The molecule has 4 bridgehead atoms. The van der Waals surface area contributed by atoms with Crippen LogP contribution in [0.25, 0.3) is 32.3 Å². The lowest BCUT2D eigenvalue weighted by Gasteiger charge is -2.02. The minimum absolute atomic E-state index is 0.330. The molecular weight excluding hydrogens is 404 g/mol. The highest BCUT2D eigenvalue weighted by Gasteiger charge is 2.20. The Labute approximate surface area is 185 Å². The van der Waals surface area contributed by atoms with E-state index in [4.69, 9.17) is 0 Å². The van der Waals surface area contributed by atoms with Gasteiger partial charge in [0.05, 0.1) is 0 Å². The predicted octanol–water partition coefficient (Wildman–Crippen LogP) is 4.23. The van der Waals surface area contributed by atoms with Gasteiger partial charge in [0.25, 0.3) is 22.2 Å². The SMILES string of the molecule is CCCCCCn1c(=O)c2ccc(c1=O)c1c3ccc(c(=O)n(CCCCCC)c3=O)c21. The van der Waals surface area contributed by atoms with Crippen molar-refractivity contribution in [3.8, 4) is 0 Å². The highest BCUT2D eigenvalue weighted by atomic mass is 16.2. The standard InChI is InChI=1S/C26H30N2O4/c1-3-5-7-9-15-27-23(29)17-11-12-18(24(27)30)22-20-14-13-19(21(17)22)25(31)28(26(20)32)16-10-8-6-4-2/h11-14H,3-10,15-16H2,1-2H3. The Hall–Kier alpha value is -3.02. The normalized spacial score (nSPS) is 11.9. The van der Waals surface area contributed by atoms with Gasteiger partial charge in [-0.2, -0.15) is 0 Å². The van der Waals surface area contributed by atoms with Crippen LogP contribution < -0.4 is 22.2 Å². The molecule has 0 radical (unpaired) electrons. The Morgan fingerprint density at radius 3 is 1.09 bits per heavy atom. The quantitative estimate of drug-likeness (QED) is 0.350. The summed E-state index contributed by atoms with van der Waals surface area (Å²) >= 11 is 0. The van der Waals surface area contributed by atoms with Gasteiger partial charge >= 0.3 is 0 Å². The molecule has 0 saturated heterocycles. The lowest BCUT2D eigenvalue weighted by Crippen LogP contribution is -2.30. The van der Waals surface area contributed by atoms with Crippen molar-refractivity contribution in [2.24, 2.45) is 0 Å². The summed E-state index contributed by atoms with van der Waals surface area (Å²) in [5.41, 5.74) is -1.53. The molecular formula is C26H30N2O4. The van der Waals surface area contributed by atoms with Crippen LogP contribution in [0, 0.1) is 0 Å². The molecule has 2 aromatic carbocycles. The Morgan fingerprint density at radius 2 is 0.812 bits per heavy atom. The number of fused-ring (bicyclic) bond motifs is 6. The highest BCUT2D eigenvalue weighted by molar-refractivity contribution is 6.22. The molecule has 0 fully saturated rings. The van der Waals surface area contributed by atoms with E-state index in [9.17, 15) is 19.2 Å². The van der Waals surface area contributed by atoms with Crippen LogP contribution in [0.15, 0.2) is 43.4 Å². The fourth-order valence-corrected chi connectivity index (χ4v) is 4.77. The Balaban J connectivity index is 2.00. The van der Waals surface area contributed by atoms with Gasteiger partial charge in [-0.05, 0) is 37.1 Å². The first kappa shape index (κ1) is 22.2. The average molecular weight is 435 g/mol. The van der Waals surface area contributed by atoms with Gasteiger partial charge in [-0.3, -0.25) is 28.3 Å². The molecule has 0 atom stereocenters. The van der Waals surface area contributed by atoms with E-state index in [1.807, 2.05) is 0 Å². The number of unbranched alkanes of at least 4 members (excludes halogenated alkanes) is 6. The lowest BCUT2D eigenvalue weighted by molar-refractivity contribution is 0.565. The Morgan fingerprint density at radius 1 is 0.500 bits per heavy atom. The van der Waals surface area contributed by atoms with Crippen molar-refractivity contribution in [3.05, 3.63) is 65.7 Å². The summed E-state index contributed by atoms with van der Waals surface area (Å²) in [5, 5.41) is 2.21. The maximum absolute atomic E-state index is 13.3. The first-order valence-corrected chi connectivity index (χ1v) is 11.8. The molecule has 0 spiro atoms. The third kappa shape index (κ3) is 3.61. The maximum atomic E-state index is 13.3. The van der Waals surface area contributed by atoms with E-state index >= 15 is 0 Å². The van der Waals surface area contributed by atoms with Gasteiger partial charge in [0.15, 0.2) is 0 Å². The summed E-state index contributed by atoms with van der Waals surface area (Å²) in [5.74, 6) is 0. The molecule has 0 unspecified atom stereocenters. The monoisotopic (exact) mass is 434 g/mol. The van der Waals surface area contributed by atoms with Crippen LogP contribution in [-0.4, -0.2) is 9.13 Å². The number of nitrogens with zero attached hydrogens (tertiary/aromatic N) is 2. The number of rotatable bonds is 10. The molecule has 6 heteroatoms. The molecule has 4 aromatic heterocycles. The van der Waals surface area contributed by atoms with Crippen LogP contribution in [-0.2, 0) is 13.1 Å². The molecule has 0 aliphatic carbocycles. The number of hydrogen-bond donors (Lipinski definition) is 0. The molecule has 6 rings (SSSR count). The van der Waals surface area contributed by atoms with E-state index in [0.29, 0.717) is 45.4 Å². The van der Waals surface area contributed by atoms with Crippen molar-refractivity contribution in [1.82, 2.24) is 9.13 Å². The van der Waals surface area contributed by atoms with Gasteiger partial charge in [0.1, 0.15) is 0 Å². The van der Waals surface area contributed by atoms with Crippen molar-refractivity contribution in [1.29, 1.82) is 0 Å². The summed E-state index contributed by atoms with van der Waals surface area (Å²) in [6, 6.07) is 6.52. The second-order valence-electron chi connectivity index (χ2n) is 8.72. The summed E-state index contributed by atoms with van der Waals surface area (Å²) in [6.45, 7) is 4.90. The number of aromatic nitrogens is 2. The van der Waals surface area contributed by atoms with Crippen molar-refractivity contribution < 1.29 is 0 Å². The maximum Gasteiger partial charge on any atom is 0.261 e. The van der Waals surface area contributed by atoms with Gasteiger partial charge in [0, 0.05) is 45.4 Å². The second-order valence-corrected chi connectivity index (χ2v) is 8.72. The predicted molar refractivity (Wildman–Crippen MR) is 131 cm³/mol. The van der Waals surface area contributed by atoms with Crippen LogP contribution in [0.5, 0.6) is 0 Å². The molecule has 0 amide bonds. The zero-order valence-corrected chi connectivity index (χ0v) is 18.9. The van der Waals surface area contributed by atoms with E-state index in [-0.39, 0.29) is 22.2 Å². The van der Waals surface area contributed by atoms with Gasteiger partial charge in [-0.1, -0.05) is 52.4 Å². The smallest absolute Gasteiger partial charge is 0.261 e. The molecule has 0 N–H and O–H groups in total. The van der Waals surface area contributed by atoms with Crippen molar-refractivity contribution >= 4 is 32.3 Å². The van der Waals surface area contributed by atoms with Gasteiger partial charge in [-0.25, -0.2) is 0 Å². The lowest BCUT2D eigenvalue weighted by atomic mass is 10.00. The Bertz CT molecular complexity index is 1270. The van der Waals surface area contributed by atoms with Crippen molar-refractivity contribution in [2.75, 3.05) is 0 Å². The minimum atomic E-state index is -0.383. The van der Waals surface area contributed by atoms with Crippen LogP contribution in [0.4, 0.5) is 0 Å². The molecule has 0 aliphatic heterocycles. The largest absolute Gasteiger partial charge is 0.274 e. The first-order valence-electron chi connectivity index (χ1n) is 11.8. The average Bonchev–Trinajstić information content (AvgIpc) is 3.07. The fraction of sp³-hybridized carbons (Fsp3) is 0.462. The molecule has 4 heterocycles. The fourth-order valence-electron chi connectivity index (χ4n) is 4.77. The van der Waals surface area contributed by atoms with Gasteiger partial charge < -0.3 is 0 Å². The Kier molecular flexibility index (Phi) is 6.40. The molecule has 32 heavy (non-hydrogen) atoms. The van der Waals surface area contributed by atoms with E-state index in [0.717, 1.165) is 51.4 Å². The van der Waals surface area contributed by atoms with Crippen molar-refractivity contribution in [2.45, 2.75) is 78.3 Å². The van der Waals surface area contributed by atoms with E-state index in [1.165, 1.54) is 9.13 Å². The summed E-state index contributed by atoms with van der Waals surface area (Å²) in [6.07, 6.45) is 7.60. The molecule has 6 aromatic rings. The summed E-state index contributed by atoms with van der Waals surface area (Å²) in [4.78, 5) is 53.4. The zero-order valence-electron chi connectivity index (χ0n) is 18.9. The minimum Gasteiger partial charge on any atom is -0.274 e. The third-order valence-electron chi connectivity index (χ3n) is 6.53. The van der Waals surface area contributed by atoms with E-state index in [1.54, 1.807) is 24.3 Å². The molecule has 6 nitrogen and oxygen atoms in total. The summed E-state index contributed by atoms with van der Waals surface area (Å²) < 4.78 is 2.57. The first-order chi connectivity index (χ1) is 15.5. The van der Waals surface area contributed by atoms with E-state index < -0.39 is 0 Å². The van der Waals surface area contributed by atoms with Crippen molar-refractivity contribution in [3.63, 3.8) is 0 Å². The topological polar surface area (TPSA) is 78.1 Å². The second kappa shape index (κ2) is 9.23. The van der Waals surface area contributed by atoms with Gasteiger partial charge in [-0.15, -0.1) is 0 Å². The van der Waals surface area contributed by atoms with Gasteiger partial charge in [0.2, 0.25) is 0 Å². The zero-order chi connectivity index (χ0) is 22.8. The van der Waals surface area contributed by atoms with E-state index in [2.05, 4.69) is 13.8 Å². The molecule has 0 saturated carbocycles. The third-order valence-corrected chi connectivity index (χ3v) is 6.53. The van der Waals surface area contributed by atoms with Crippen LogP contribution >= 0.6 is 0 Å². The molecule has 0 aliphatic rings. The number of hydrogen-bond acceptors (Lipinski definition) is 4. The number of benzene rings is 2. The van der Waals surface area contributed by atoms with Crippen LogP contribution in [0.2, 0.25) is 0 Å². The van der Waals surface area contributed by atoms with Crippen LogP contribution in [0.3, 0.4) is 0 Å². The van der Waals surface area contributed by atoms with Crippen LogP contribution in [0.1, 0.15) is 65.2 Å².